The molecule has 0 aliphatic rings. The number of aromatic nitrogens is 2. The molecule has 1 aromatic rings. The maximum absolute atomic E-state index is 12.0. The van der Waals surface area contributed by atoms with Gasteiger partial charge in [0, 0.05) is 12.0 Å². The molecule has 0 spiro atoms. The minimum atomic E-state index is -0.318. The van der Waals surface area contributed by atoms with Crippen LogP contribution in [0.2, 0.25) is 0 Å². The van der Waals surface area contributed by atoms with Crippen LogP contribution in [0.5, 0.6) is 0 Å². The van der Waals surface area contributed by atoms with Crippen LogP contribution >= 0.6 is 11.5 Å². The fraction of sp³-hybridized carbons (Fsp3) is 0.667. The molecular weight excluding hydrogens is 266 g/mol. The molecule has 1 rings (SSSR count). The van der Waals surface area contributed by atoms with Crippen molar-refractivity contribution in [1.82, 2.24) is 14.9 Å². The summed E-state index contributed by atoms with van der Waals surface area (Å²) in [4.78, 5) is 23.6. The fourth-order valence-corrected chi connectivity index (χ4v) is 2.21. The molecular formula is C12H19N3O3S. The lowest BCUT2D eigenvalue weighted by Crippen LogP contribution is -2.28. The first-order valence-corrected chi connectivity index (χ1v) is 6.90. The molecule has 0 saturated heterocycles. The van der Waals surface area contributed by atoms with E-state index < -0.39 is 0 Å². The van der Waals surface area contributed by atoms with Crippen LogP contribution in [-0.4, -0.2) is 34.6 Å². The molecule has 1 heterocycles. The van der Waals surface area contributed by atoms with E-state index in [9.17, 15) is 9.59 Å². The molecule has 0 atom stereocenters. The zero-order chi connectivity index (χ0) is 14.5. The lowest BCUT2D eigenvalue weighted by molar-refractivity contribution is -0.142. The largest absolute Gasteiger partial charge is 0.466 e. The van der Waals surface area contributed by atoms with Gasteiger partial charge in [-0.3, -0.25) is 9.59 Å². The van der Waals surface area contributed by atoms with E-state index in [-0.39, 0.29) is 30.3 Å². The maximum Gasteiger partial charge on any atom is 0.307 e. The predicted octanol–water partition coefficient (Wildman–Crippen LogP) is 1.52. The number of carbonyl (C=O) groups excluding carboxylic acids is 2. The second kappa shape index (κ2) is 6.60. The van der Waals surface area contributed by atoms with E-state index >= 15 is 0 Å². The first-order valence-electron chi connectivity index (χ1n) is 6.13. The summed E-state index contributed by atoms with van der Waals surface area (Å²) >= 11 is 1.06. The molecule has 0 bridgehead atoms. The van der Waals surface area contributed by atoms with Crippen molar-refractivity contribution in [2.45, 2.75) is 39.5 Å². The Kier molecular flexibility index (Phi) is 5.41. The van der Waals surface area contributed by atoms with E-state index in [1.165, 1.54) is 0 Å². The van der Waals surface area contributed by atoms with Crippen molar-refractivity contribution in [2.24, 2.45) is 0 Å². The molecule has 106 valence electrons. The Balaban J connectivity index is 2.55. The van der Waals surface area contributed by atoms with Crippen LogP contribution in [0.3, 0.4) is 0 Å². The minimum absolute atomic E-state index is 0.163. The second-order valence-corrected chi connectivity index (χ2v) is 5.77. The summed E-state index contributed by atoms with van der Waals surface area (Å²) in [5.41, 5.74) is 0.437. The normalized spacial score (nSPS) is 11.2. The van der Waals surface area contributed by atoms with Crippen molar-refractivity contribution in [3.8, 4) is 0 Å². The molecule has 0 radical (unpaired) electrons. The van der Waals surface area contributed by atoms with Gasteiger partial charge in [-0.25, -0.2) is 0 Å². The molecule has 1 amide bonds. The molecule has 0 aromatic carbocycles. The van der Waals surface area contributed by atoms with Gasteiger partial charge in [0.2, 0.25) is 0 Å². The summed E-state index contributed by atoms with van der Waals surface area (Å²) in [6.45, 7) is 8.26. The average molecular weight is 285 g/mol. The van der Waals surface area contributed by atoms with Gasteiger partial charge in [0.25, 0.3) is 5.91 Å². The SMILES string of the molecule is CCOC(=O)CCNC(=O)c1snnc1C(C)(C)C. The van der Waals surface area contributed by atoms with Crippen LogP contribution in [0.25, 0.3) is 0 Å². The van der Waals surface area contributed by atoms with Crippen molar-refractivity contribution in [1.29, 1.82) is 0 Å². The number of hydrogen-bond acceptors (Lipinski definition) is 6. The Hall–Kier alpha value is -1.50. The number of carbonyl (C=O) groups is 2. The van der Waals surface area contributed by atoms with E-state index in [4.69, 9.17) is 4.74 Å². The smallest absolute Gasteiger partial charge is 0.307 e. The highest BCUT2D eigenvalue weighted by Gasteiger charge is 2.26. The number of rotatable bonds is 5. The third kappa shape index (κ3) is 4.59. The van der Waals surface area contributed by atoms with E-state index in [1.54, 1.807) is 6.92 Å². The Morgan fingerprint density at radius 1 is 1.37 bits per heavy atom. The maximum atomic E-state index is 12.0. The first-order chi connectivity index (χ1) is 8.86. The summed E-state index contributed by atoms with van der Waals surface area (Å²) in [6.07, 6.45) is 0.163. The van der Waals surface area contributed by atoms with E-state index in [2.05, 4.69) is 14.9 Å². The van der Waals surface area contributed by atoms with Gasteiger partial charge < -0.3 is 10.1 Å². The fourth-order valence-electron chi connectivity index (χ4n) is 1.42. The van der Waals surface area contributed by atoms with Crippen molar-refractivity contribution >= 4 is 23.4 Å². The summed E-state index contributed by atoms with van der Waals surface area (Å²) in [6, 6.07) is 0. The van der Waals surface area contributed by atoms with Gasteiger partial charge in [-0.1, -0.05) is 25.3 Å². The Morgan fingerprint density at radius 2 is 2.05 bits per heavy atom. The van der Waals surface area contributed by atoms with Crippen molar-refractivity contribution < 1.29 is 14.3 Å². The van der Waals surface area contributed by atoms with Gasteiger partial charge in [0.1, 0.15) is 4.88 Å². The van der Waals surface area contributed by atoms with E-state index in [0.717, 1.165) is 11.5 Å². The first kappa shape index (κ1) is 15.6. The highest BCUT2D eigenvalue weighted by Crippen LogP contribution is 2.25. The van der Waals surface area contributed by atoms with Crippen molar-refractivity contribution in [2.75, 3.05) is 13.2 Å². The topological polar surface area (TPSA) is 81.2 Å². The van der Waals surface area contributed by atoms with Crippen molar-refractivity contribution in [3.05, 3.63) is 10.6 Å². The second-order valence-electron chi connectivity index (χ2n) is 5.01. The molecule has 0 aliphatic carbocycles. The molecule has 0 saturated carbocycles. The molecule has 6 nitrogen and oxygen atoms in total. The molecule has 0 fully saturated rings. The number of nitrogens with one attached hydrogen (secondary N) is 1. The third-order valence-electron chi connectivity index (χ3n) is 2.32. The molecule has 7 heteroatoms. The number of amides is 1. The predicted molar refractivity (Wildman–Crippen MR) is 72.2 cm³/mol. The number of nitrogens with zero attached hydrogens (tertiary/aromatic N) is 2. The summed E-state index contributed by atoms with van der Waals surface area (Å²) in [5, 5.41) is 6.67. The Labute approximate surface area is 116 Å². The Morgan fingerprint density at radius 3 is 2.63 bits per heavy atom. The van der Waals surface area contributed by atoms with Crippen LogP contribution in [0.4, 0.5) is 0 Å². The highest BCUT2D eigenvalue weighted by atomic mass is 32.1. The van der Waals surface area contributed by atoms with Gasteiger partial charge in [-0.15, -0.1) is 5.10 Å². The van der Waals surface area contributed by atoms with Gasteiger partial charge >= 0.3 is 5.97 Å². The van der Waals surface area contributed by atoms with Gasteiger partial charge in [0.05, 0.1) is 18.7 Å². The van der Waals surface area contributed by atoms with Crippen LogP contribution < -0.4 is 5.32 Å². The molecule has 1 aromatic heterocycles. The summed E-state index contributed by atoms with van der Waals surface area (Å²) in [7, 11) is 0. The van der Waals surface area contributed by atoms with Crippen LogP contribution in [0, 0.1) is 0 Å². The van der Waals surface area contributed by atoms with E-state index in [1.807, 2.05) is 20.8 Å². The zero-order valence-electron chi connectivity index (χ0n) is 11.6. The van der Waals surface area contributed by atoms with Gasteiger partial charge in [-0.2, -0.15) is 0 Å². The molecule has 1 N–H and O–H groups in total. The lowest BCUT2D eigenvalue weighted by atomic mass is 9.91. The van der Waals surface area contributed by atoms with Gasteiger partial charge in [-0.05, 0) is 18.5 Å². The lowest BCUT2D eigenvalue weighted by Gasteiger charge is -2.16. The van der Waals surface area contributed by atoms with Crippen molar-refractivity contribution in [3.63, 3.8) is 0 Å². The number of hydrogen-bond donors (Lipinski definition) is 1. The molecule has 0 aliphatic heterocycles. The number of ether oxygens (including phenoxy) is 1. The summed E-state index contributed by atoms with van der Waals surface area (Å²) < 4.78 is 8.60. The quantitative estimate of drug-likeness (QED) is 0.829. The van der Waals surface area contributed by atoms with Crippen LogP contribution in [0.1, 0.15) is 49.5 Å². The molecule has 0 unspecified atom stereocenters. The average Bonchev–Trinajstić information content (AvgIpc) is 2.77. The zero-order valence-corrected chi connectivity index (χ0v) is 12.5. The minimum Gasteiger partial charge on any atom is -0.466 e. The number of esters is 1. The van der Waals surface area contributed by atoms with Crippen LogP contribution in [0.15, 0.2) is 0 Å². The van der Waals surface area contributed by atoms with E-state index in [0.29, 0.717) is 17.2 Å². The monoisotopic (exact) mass is 285 g/mol. The van der Waals surface area contributed by atoms with Crippen LogP contribution in [-0.2, 0) is 14.9 Å². The Bertz CT molecular complexity index is 451. The third-order valence-corrected chi connectivity index (χ3v) is 3.05. The highest BCUT2D eigenvalue weighted by molar-refractivity contribution is 7.08. The van der Waals surface area contributed by atoms with Gasteiger partial charge in [0.15, 0.2) is 0 Å². The summed E-state index contributed by atoms with van der Waals surface area (Å²) in [5.74, 6) is -0.564. The molecule has 19 heavy (non-hydrogen) atoms. The standard InChI is InChI=1S/C12H19N3O3S/c1-5-18-8(16)6-7-13-11(17)9-10(12(2,3)4)14-15-19-9/h5-7H2,1-4H3,(H,13,17).